The highest BCUT2D eigenvalue weighted by atomic mass is 32.2. The summed E-state index contributed by atoms with van der Waals surface area (Å²) in [6.45, 7) is 1.92. The number of carbonyl (C=O) groups is 1. The zero-order chi connectivity index (χ0) is 16.7. The number of methoxy groups -OCH3 is 1. The summed E-state index contributed by atoms with van der Waals surface area (Å²) >= 11 is 1.59. The number of thioether (sulfide) groups is 1. The van der Waals surface area contributed by atoms with Crippen LogP contribution in [-0.2, 0) is 4.79 Å². The van der Waals surface area contributed by atoms with E-state index >= 15 is 0 Å². The van der Waals surface area contributed by atoms with Gasteiger partial charge in [0.05, 0.1) is 12.8 Å². The van der Waals surface area contributed by atoms with E-state index in [0.29, 0.717) is 17.9 Å². The number of carbonyl (C=O) groups excluding carboxylic acids is 1. The van der Waals surface area contributed by atoms with Gasteiger partial charge < -0.3 is 14.8 Å². The molecule has 0 saturated carbocycles. The van der Waals surface area contributed by atoms with Crippen molar-refractivity contribution in [1.29, 1.82) is 0 Å². The van der Waals surface area contributed by atoms with E-state index in [9.17, 15) is 4.79 Å². The third kappa shape index (κ3) is 4.66. The largest absolute Gasteiger partial charge is 0.497 e. The number of anilines is 1. The second kappa shape index (κ2) is 8.48. The zero-order valence-electron chi connectivity index (χ0n) is 13.5. The summed E-state index contributed by atoms with van der Waals surface area (Å²) in [4.78, 5) is 13.5. The van der Waals surface area contributed by atoms with Gasteiger partial charge in [-0.05, 0) is 36.9 Å². The van der Waals surface area contributed by atoms with Crippen LogP contribution in [-0.4, -0.2) is 25.4 Å². The molecule has 4 nitrogen and oxygen atoms in total. The van der Waals surface area contributed by atoms with Crippen molar-refractivity contribution < 1.29 is 14.3 Å². The fourth-order valence-corrected chi connectivity index (χ4v) is 2.68. The van der Waals surface area contributed by atoms with Crippen LogP contribution in [0.15, 0.2) is 53.4 Å². The predicted octanol–water partition coefficient (Wildman–Crippen LogP) is 4.21. The van der Waals surface area contributed by atoms with E-state index in [1.165, 1.54) is 0 Å². The Balaban J connectivity index is 2.09. The second-order valence-electron chi connectivity index (χ2n) is 4.88. The van der Waals surface area contributed by atoms with E-state index in [0.717, 1.165) is 10.6 Å². The third-order valence-electron chi connectivity index (χ3n) is 3.35. The minimum absolute atomic E-state index is 0.156. The van der Waals surface area contributed by atoms with Gasteiger partial charge >= 0.3 is 0 Å². The number of para-hydroxylation sites is 1. The lowest BCUT2D eigenvalue weighted by molar-refractivity contribution is -0.122. The highest BCUT2D eigenvalue weighted by Crippen LogP contribution is 2.25. The van der Waals surface area contributed by atoms with E-state index < -0.39 is 6.10 Å². The van der Waals surface area contributed by atoms with Crippen molar-refractivity contribution in [3.05, 3.63) is 48.5 Å². The molecule has 2 aromatic rings. The first-order chi connectivity index (χ1) is 11.2. The lowest BCUT2D eigenvalue weighted by Gasteiger charge is -2.18. The van der Waals surface area contributed by atoms with Gasteiger partial charge in [-0.1, -0.05) is 25.1 Å². The van der Waals surface area contributed by atoms with Crippen molar-refractivity contribution in [2.24, 2.45) is 0 Å². The Morgan fingerprint density at radius 2 is 1.91 bits per heavy atom. The first kappa shape index (κ1) is 17.2. The normalized spacial score (nSPS) is 11.6. The zero-order valence-corrected chi connectivity index (χ0v) is 14.4. The number of hydrogen-bond donors (Lipinski definition) is 1. The molecule has 0 unspecified atom stereocenters. The molecule has 0 radical (unpaired) electrons. The van der Waals surface area contributed by atoms with E-state index in [1.807, 2.05) is 55.6 Å². The summed E-state index contributed by atoms with van der Waals surface area (Å²) in [5, 5.41) is 2.95. The minimum atomic E-state index is -0.558. The maximum atomic E-state index is 12.5. The van der Waals surface area contributed by atoms with Crippen LogP contribution in [0.25, 0.3) is 0 Å². The van der Waals surface area contributed by atoms with Gasteiger partial charge in [0.15, 0.2) is 6.10 Å². The monoisotopic (exact) mass is 331 g/mol. The van der Waals surface area contributed by atoms with Crippen molar-refractivity contribution in [3.63, 3.8) is 0 Å². The first-order valence-electron chi connectivity index (χ1n) is 7.42. The topological polar surface area (TPSA) is 47.6 Å². The summed E-state index contributed by atoms with van der Waals surface area (Å²) < 4.78 is 11.0. The van der Waals surface area contributed by atoms with Crippen LogP contribution in [0.4, 0.5) is 5.69 Å². The average molecular weight is 331 g/mol. The first-order valence-corrected chi connectivity index (χ1v) is 8.65. The van der Waals surface area contributed by atoms with E-state index in [4.69, 9.17) is 9.47 Å². The maximum absolute atomic E-state index is 12.5. The van der Waals surface area contributed by atoms with Crippen molar-refractivity contribution in [2.75, 3.05) is 18.7 Å². The molecule has 122 valence electrons. The summed E-state index contributed by atoms with van der Waals surface area (Å²) in [5.41, 5.74) is 0.803. The fourth-order valence-electron chi connectivity index (χ4n) is 2.12. The van der Waals surface area contributed by atoms with Crippen LogP contribution in [0.5, 0.6) is 11.5 Å². The number of amides is 1. The van der Waals surface area contributed by atoms with Crippen molar-refractivity contribution in [3.8, 4) is 11.5 Å². The van der Waals surface area contributed by atoms with Crippen molar-refractivity contribution in [1.82, 2.24) is 0 Å². The smallest absolute Gasteiger partial charge is 0.265 e. The average Bonchev–Trinajstić information content (AvgIpc) is 2.60. The Labute approximate surface area is 141 Å². The number of benzene rings is 2. The molecule has 0 aliphatic carbocycles. The molecular formula is C18H21NO3S. The molecule has 5 heteroatoms. The molecule has 2 rings (SSSR count). The van der Waals surface area contributed by atoms with Gasteiger partial charge in [-0.3, -0.25) is 4.79 Å². The number of ether oxygens (including phenoxy) is 2. The van der Waals surface area contributed by atoms with Crippen LogP contribution in [0, 0.1) is 0 Å². The number of hydrogen-bond acceptors (Lipinski definition) is 4. The van der Waals surface area contributed by atoms with E-state index in [1.54, 1.807) is 24.9 Å². The SMILES string of the molecule is CC[C@@H](Oc1cccc(OC)c1)C(=O)Nc1ccccc1SC. The standard InChI is InChI=1S/C18H21NO3S/c1-4-16(22-14-9-7-8-13(12-14)21-2)18(20)19-15-10-5-6-11-17(15)23-3/h5-12,16H,4H2,1-3H3,(H,19,20)/t16-/m1/s1. The van der Waals surface area contributed by atoms with Crippen LogP contribution in [0.1, 0.15) is 13.3 Å². The Bertz CT molecular complexity index is 660. The summed E-state index contributed by atoms with van der Waals surface area (Å²) in [7, 11) is 1.60. The fraction of sp³-hybridized carbons (Fsp3) is 0.278. The van der Waals surface area contributed by atoms with Gasteiger partial charge in [0, 0.05) is 11.0 Å². The summed E-state index contributed by atoms with van der Waals surface area (Å²) in [5.74, 6) is 1.16. The highest BCUT2D eigenvalue weighted by molar-refractivity contribution is 7.98. The quantitative estimate of drug-likeness (QED) is 0.772. The summed E-state index contributed by atoms with van der Waals surface area (Å²) in [6.07, 6.45) is 2.00. The third-order valence-corrected chi connectivity index (χ3v) is 4.14. The second-order valence-corrected chi connectivity index (χ2v) is 5.73. The molecule has 0 bridgehead atoms. The van der Waals surface area contributed by atoms with Crippen molar-refractivity contribution >= 4 is 23.4 Å². The maximum Gasteiger partial charge on any atom is 0.265 e. The molecule has 0 heterocycles. The molecule has 0 spiro atoms. The van der Waals surface area contributed by atoms with Gasteiger partial charge in [0.25, 0.3) is 5.91 Å². The lowest BCUT2D eigenvalue weighted by Crippen LogP contribution is -2.32. The number of nitrogens with one attached hydrogen (secondary N) is 1. The molecule has 23 heavy (non-hydrogen) atoms. The van der Waals surface area contributed by atoms with E-state index in [-0.39, 0.29) is 5.91 Å². The molecule has 0 fully saturated rings. The predicted molar refractivity (Wildman–Crippen MR) is 94.6 cm³/mol. The van der Waals surface area contributed by atoms with Gasteiger partial charge in [-0.2, -0.15) is 0 Å². The highest BCUT2D eigenvalue weighted by Gasteiger charge is 2.19. The van der Waals surface area contributed by atoms with Crippen LogP contribution >= 0.6 is 11.8 Å². The molecule has 1 N–H and O–H groups in total. The molecule has 2 aromatic carbocycles. The molecule has 0 aromatic heterocycles. The van der Waals surface area contributed by atoms with Crippen LogP contribution < -0.4 is 14.8 Å². The van der Waals surface area contributed by atoms with Gasteiger partial charge in [0.2, 0.25) is 0 Å². The molecule has 1 atom stereocenters. The lowest BCUT2D eigenvalue weighted by atomic mass is 10.2. The molecular weight excluding hydrogens is 310 g/mol. The van der Waals surface area contributed by atoms with Crippen LogP contribution in [0.2, 0.25) is 0 Å². The Morgan fingerprint density at radius 3 is 2.61 bits per heavy atom. The summed E-state index contributed by atoms with van der Waals surface area (Å²) in [6, 6.07) is 15.0. The van der Waals surface area contributed by atoms with Gasteiger partial charge in [-0.15, -0.1) is 11.8 Å². The minimum Gasteiger partial charge on any atom is -0.497 e. The van der Waals surface area contributed by atoms with Crippen molar-refractivity contribution in [2.45, 2.75) is 24.3 Å². The Hall–Kier alpha value is -2.14. The Kier molecular flexibility index (Phi) is 6.35. The molecule has 1 amide bonds. The molecule has 0 saturated heterocycles. The van der Waals surface area contributed by atoms with Gasteiger partial charge in [0.1, 0.15) is 11.5 Å². The van der Waals surface area contributed by atoms with Gasteiger partial charge in [-0.25, -0.2) is 0 Å². The molecule has 0 aliphatic heterocycles. The van der Waals surface area contributed by atoms with E-state index in [2.05, 4.69) is 5.32 Å². The number of rotatable bonds is 7. The molecule has 0 aliphatic rings. The Morgan fingerprint density at radius 1 is 1.17 bits per heavy atom. The van der Waals surface area contributed by atoms with Crippen LogP contribution in [0.3, 0.4) is 0 Å².